The van der Waals surface area contributed by atoms with Crippen LogP contribution < -0.4 is 5.73 Å². The lowest BCUT2D eigenvalue weighted by molar-refractivity contribution is -0.140. The summed E-state index contributed by atoms with van der Waals surface area (Å²) in [5, 5.41) is 8.69. The van der Waals surface area contributed by atoms with Gasteiger partial charge in [0.2, 0.25) is 5.95 Å². The number of benzene rings is 1. The van der Waals surface area contributed by atoms with Crippen LogP contribution in [0.5, 0.6) is 0 Å². The van der Waals surface area contributed by atoms with Gasteiger partial charge < -0.3 is 15.6 Å². The molecule has 1 heterocycles. The van der Waals surface area contributed by atoms with Crippen LogP contribution in [0.4, 0.5) is 5.95 Å². The van der Waals surface area contributed by atoms with Crippen LogP contribution in [0.15, 0.2) is 42.6 Å². The molecule has 7 nitrogen and oxygen atoms in total. The number of aromatic nitrogens is 2. The van der Waals surface area contributed by atoms with Crippen molar-refractivity contribution in [2.24, 2.45) is 5.92 Å². The highest BCUT2D eigenvalue weighted by molar-refractivity contribution is 5.94. The van der Waals surface area contributed by atoms with Gasteiger partial charge >= 0.3 is 5.97 Å². The van der Waals surface area contributed by atoms with Crippen molar-refractivity contribution in [2.75, 3.05) is 12.3 Å². The number of hydrogen-bond acceptors (Lipinski definition) is 6. The topological polar surface area (TPSA) is 115 Å². The molecule has 0 fully saturated rings. The lowest BCUT2D eigenvalue weighted by atomic mass is 9.83. The minimum absolute atomic E-state index is 0.00990. The Morgan fingerprint density at radius 1 is 1.20 bits per heavy atom. The molecule has 162 valence electrons. The first kappa shape index (κ1) is 23.5. The highest BCUT2D eigenvalue weighted by Crippen LogP contribution is 2.30. The lowest BCUT2D eigenvalue weighted by Gasteiger charge is -2.27. The molecule has 0 saturated heterocycles. The second kappa shape index (κ2) is 12.0. The number of rotatable bonds is 13. The summed E-state index contributed by atoms with van der Waals surface area (Å²) in [4.78, 5) is 30.5. The zero-order chi connectivity index (χ0) is 21.9. The average molecular weight is 414 g/mol. The maximum atomic E-state index is 11.6. The van der Waals surface area contributed by atoms with E-state index in [4.69, 9.17) is 15.6 Å². The zero-order valence-corrected chi connectivity index (χ0v) is 17.7. The fourth-order valence-electron chi connectivity index (χ4n) is 3.71. The number of nitrogens with two attached hydrogens (primary N) is 1. The van der Waals surface area contributed by atoms with Crippen molar-refractivity contribution in [1.29, 1.82) is 0 Å². The SMILES string of the molecule is CCC(OCCC(=O)CC(=O)O)C(C)CC(Cc1ccnc(N)n1)c1ccccc1. The summed E-state index contributed by atoms with van der Waals surface area (Å²) in [5.41, 5.74) is 7.88. The molecule has 7 heteroatoms. The third-order valence-electron chi connectivity index (χ3n) is 5.21. The Kier molecular flexibility index (Phi) is 9.41. The maximum Gasteiger partial charge on any atom is 0.310 e. The molecule has 3 atom stereocenters. The smallest absolute Gasteiger partial charge is 0.310 e. The summed E-state index contributed by atoms with van der Waals surface area (Å²) >= 11 is 0. The van der Waals surface area contributed by atoms with Crippen molar-refractivity contribution in [3.63, 3.8) is 0 Å². The summed E-state index contributed by atoms with van der Waals surface area (Å²) in [7, 11) is 0. The van der Waals surface area contributed by atoms with Crippen LogP contribution in [0.2, 0.25) is 0 Å². The van der Waals surface area contributed by atoms with Crippen molar-refractivity contribution < 1.29 is 19.4 Å². The number of carbonyl (C=O) groups excluding carboxylic acids is 1. The summed E-state index contributed by atoms with van der Waals surface area (Å²) in [5.74, 6) is -0.658. The molecule has 0 aliphatic carbocycles. The van der Waals surface area contributed by atoms with Crippen LogP contribution in [0, 0.1) is 5.92 Å². The molecule has 0 bridgehead atoms. The molecule has 0 aliphatic heterocycles. The number of nitrogens with zero attached hydrogens (tertiary/aromatic N) is 2. The molecule has 0 amide bonds. The average Bonchev–Trinajstić information content (AvgIpc) is 2.71. The van der Waals surface area contributed by atoms with Gasteiger partial charge in [0.05, 0.1) is 12.7 Å². The quantitative estimate of drug-likeness (QED) is 0.482. The van der Waals surface area contributed by atoms with E-state index < -0.39 is 12.4 Å². The van der Waals surface area contributed by atoms with Gasteiger partial charge in [0.1, 0.15) is 12.2 Å². The number of Topliss-reactive ketones (excluding diaryl/α,β-unsaturated/α-hetero) is 1. The van der Waals surface area contributed by atoms with Crippen molar-refractivity contribution in [2.45, 2.75) is 58.0 Å². The molecule has 2 aromatic rings. The van der Waals surface area contributed by atoms with Gasteiger partial charge in [-0.3, -0.25) is 9.59 Å². The van der Waals surface area contributed by atoms with E-state index in [2.05, 4.69) is 35.9 Å². The van der Waals surface area contributed by atoms with Crippen LogP contribution >= 0.6 is 0 Å². The molecule has 0 spiro atoms. The van der Waals surface area contributed by atoms with E-state index in [1.54, 1.807) is 6.20 Å². The first-order valence-corrected chi connectivity index (χ1v) is 10.4. The molecule has 0 radical (unpaired) electrons. The Morgan fingerprint density at radius 3 is 2.57 bits per heavy atom. The first-order chi connectivity index (χ1) is 14.4. The third kappa shape index (κ3) is 7.91. The van der Waals surface area contributed by atoms with Gasteiger partial charge in [-0.25, -0.2) is 9.97 Å². The summed E-state index contributed by atoms with van der Waals surface area (Å²) < 4.78 is 5.95. The Hall–Kier alpha value is -2.80. The molecule has 1 aromatic carbocycles. The third-order valence-corrected chi connectivity index (χ3v) is 5.21. The number of nitrogen functional groups attached to an aromatic ring is 1. The zero-order valence-electron chi connectivity index (χ0n) is 17.7. The number of carboxylic acids is 1. The number of hydrogen-bond donors (Lipinski definition) is 2. The first-order valence-electron chi connectivity index (χ1n) is 10.4. The van der Waals surface area contributed by atoms with Crippen LogP contribution in [0.3, 0.4) is 0 Å². The minimum Gasteiger partial charge on any atom is -0.481 e. The van der Waals surface area contributed by atoms with Gasteiger partial charge in [0.25, 0.3) is 0 Å². The molecule has 30 heavy (non-hydrogen) atoms. The van der Waals surface area contributed by atoms with Gasteiger partial charge in [-0.1, -0.05) is 44.2 Å². The molecule has 2 rings (SSSR count). The second-order valence-corrected chi connectivity index (χ2v) is 7.61. The van der Waals surface area contributed by atoms with Crippen molar-refractivity contribution >= 4 is 17.7 Å². The fraction of sp³-hybridized carbons (Fsp3) is 0.478. The predicted octanol–water partition coefficient (Wildman–Crippen LogP) is 3.64. The van der Waals surface area contributed by atoms with Gasteiger partial charge in [-0.05, 0) is 42.7 Å². The monoisotopic (exact) mass is 413 g/mol. The number of carboxylic acid groups (broad SMARTS) is 1. The number of aliphatic carboxylic acids is 1. The van der Waals surface area contributed by atoms with Crippen LogP contribution in [0.1, 0.15) is 56.7 Å². The van der Waals surface area contributed by atoms with E-state index in [-0.39, 0.29) is 42.7 Å². The van der Waals surface area contributed by atoms with Gasteiger partial charge in [-0.15, -0.1) is 0 Å². The van der Waals surface area contributed by atoms with Gasteiger partial charge in [0, 0.05) is 18.3 Å². The molecule has 1 aromatic heterocycles. The molecule has 3 N–H and O–H groups in total. The Balaban J connectivity index is 2.02. The highest BCUT2D eigenvalue weighted by Gasteiger charge is 2.23. The minimum atomic E-state index is -1.10. The van der Waals surface area contributed by atoms with E-state index in [1.807, 2.05) is 24.3 Å². The Morgan fingerprint density at radius 2 is 1.93 bits per heavy atom. The van der Waals surface area contributed by atoms with Gasteiger partial charge in [0.15, 0.2) is 0 Å². The van der Waals surface area contributed by atoms with E-state index in [1.165, 1.54) is 5.56 Å². The maximum absolute atomic E-state index is 11.6. The largest absolute Gasteiger partial charge is 0.481 e. The van der Waals surface area contributed by atoms with E-state index in [0.717, 1.165) is 25.0 Å². The van der Waals surface area contributed by atoms with Crippen molar-refractivity contribution in [3.05, 3.63) is 53.9 Å². The normalized spacial score (nSPS) is 14.1. The van der Waals surface area contributed by atoms with Crippen molar-refractivity contribution in [3.8, 4) is 0 Å². The fourth-order valence-corrected chi connectivity index (χ4v) is 3.71. The number of ketones is 1. The second-order valence-electron chi connectivity index (χ2n) is 7.61. The highest BCUT2D eigenvalue weighted by atomic mass is 16.5. The summed E-state index contributed by atoms with van der Waals surface area (Å²) in [6.45, 7) is 4.45. The van der Waals surface area contributed by atoms with E-state index >= 15 is 0 Å². The van der Waals surface area contributed by atoms with Crippen molar-refractivity contribution in [1.82, 2.24) is 9.97 Å². The molecular formula is C23H31N3O4. The summed E-state index contributed by atoms with van der Waals surface area (Å²) in [6, 6.07) is 12.2. The number of carbonyl (C=O) groups is 2. The predicted molar refractivity (Wildman–Crippen MR) is 115 cm³/mol. The standard InChI is InChI=1S/C23H31N3O4/c1-3-21(30-12-10-20(27)15-22(28)29)16(2)13-18(17-7-5-4-6-8-17)14-19-9-11-25-23(24)26-19/h4-9,11,16,18,21H,3,10,12-15H2,1-2H3,(H,28,29)(H2,24,25,26). The van der Waals surface area contributed by atoms with Crippen LogP contribution in [0.25, 0.3) is 0 Å². The molecule has 0 saturated carbocycles. The Labute approximate surface area is 177 Å². The number of ether oxygens (including phenoxy) is 1. The van der Waals surface area contributed by atoms with E-state index in [0.29, 0.717) is 0 Å². The number of anilines is 1. The Bertz CT molecular complexity index is 813. The summed E-state index contributed by atoms with van der Waals surface area (Å²) in [6.07, 6.45) is 3.78. The molecule has 3 unspecified atom stereocenters. The lowest BCUT2D eigenvalue weighted by Crippen LogP contribution is -2.25. The van der Waals surface area contributed by atoms with Crippen LogP contribution in [-0.2, 0) is 20.7 Å². The molecular weight excluding hydrogens is 382 g/mol. The van der Waals surface area contributed by atoms with Gasteiger partial charge in [-0.2, -0.15) is 0 Å². The van der Waals surface area contributed by atoms with Crippen LogP contribution in [-0.4, -0.2) is 39.5 Å². The van der Waals surface area contributed by atoms with E-state index in [9.17, 15) is 9.59 Å². The molecule has 0 aliphatic rings.